The lowest BCUT2D eigenvalue weighted by Crippen LogP contribution is -2.45. The lowest BCUT2D eigenvalue weighted by molar-refractivity contribution is -0.385. The molecular formula is C21H17N5O7S2. The summed E-state index contributed by atoms with van der Waals surface area (Å²) < 4.78 is 38.9. The highest BCUT2D eigenvalue weighted by Crippen LogP contribution is 2.33. The molecule has 0 unspecified atom stereocenters. The second-order valence-electron chi connectivity index (χ2n) is 7.26. The topological polar surface area (TPSA) is 165 Å². The van der Waals surface area contributed by atoms with Crippen LogP contribution >= 0.6 is 11.9 Å². The molecule has 0 spiro atoms. The molecule has 0 fully saturated rings. The third kappa shape index (κ3) is 4.79. The third-order valence-electron chi connectivity index (χ3n) is 4.90. The maximum atomic E-state index is 12.5. The number of nitro groups is 1. The van der Waals surface area contributed by atoms with Crippen LogP contribution in [0.2, 0.25) is 0 Å². The van der Waals surface area contributed by atoms with Gasteiger partial charge in [-0.05, 0) is 29.8 Å². The fraction of sp³-hybridized carbons (Fsp3) is 0.143. The summed E-state index contributed by atoms with van der Waals surface area (Å²) in [5.41, 5.74) is 0.631. The number of rotatable bonds is 6. The molecule has 35 heavy (non-hydrogen) atoms. The van der Waals surface area contributed by atoms with Crippen molar-refractivity contribution in [3.05, 3.63) is 69.3 Å². The molecule has 0 bridgehead atoms. The van der Waals surface area contributed by atoms with E-state index in [9.17, 15) is 23.3 Å². The number of amidine groups is 3. The predicted octanol–water partition coefficient (Wildman–Crippen LogP) is 2.80. The van der Waals surface area contributed by atoms with Crippen molar-refractivity contribution >= 4 is 55.6 Å². The molecule has 0 atom stereocenters. The van der Waals surface area contributed by atoms with E-state index in [0.29, 0.717) is 28.8 Å². The van der Waals surface area contributed by atoms with Crippen LogP contribution in [0.5, 0.6) is 11.5 Å². The molecule has 2 aromatic carbocycles. The van der Waals surface area contributed by atoms with Gasteiger partial charge in [0.25, 0.3) is 11.6 Å². The molecule has 0 radical (unpaired) electrons. The van der Waals surface area contributed by atoms with Crippen LogP contribution in [0.3, 0.4) is 0 Å². The van der Waals surface area contributed by atoms with E-state index in [1.54, 1.807) is 36.4 Å². The van der Waals surface area contributed by atoms with Crippen LogP contribution in [-0.2, 0) is 21.2 Å². The largest absolute Gasteiger partial charge is 0.493 e. The Kier molecular flexibility index (Phi) is 6.41. The molecule has 2 heterocycles. The van der Waals surface area contributed by atoms with E-state index in [2.05, 4.69) is 9.39 Å². The zero-order valence-electron chi connectivity index (χ0n) is 18.3. The number of carbonyl (C=O) groups is 1. The SMILES string of the molecule is COc1cc(/C=C2/C(=N)N3C(=NC2=O)SN=C3S(C)(=O)=O)ccc1OCc1ccccc1[N+](=O)[O-]. The van der Waals surface area contributed by atoms with Gasteiger partial charge < -0.3 is 9.47 Å². The molecule has 0 saturated carbocycles. The predicted molar refractivity (Wildman–Crippen MR) is 130 cm³/mol. The van der Waals surface area contributed by atoms with Gasteiger partial charge in [0.15, 0.2) is 11.5 Å². The molecule has 2 aliphatic rings. The number of hydrogen-bond donors (Lipinski definition) is 1. The molecule has 0 aromatic heterocycles. The molecule has 1 amide bonds. The lowest BCUT2D eigenvalue weighted by Gasteiger charge is -2.23. The molecule has 1 N–H and O–H groups in total. The van der Waals surface area contributed by atoms with Crippen LogP contribution in [0.15, 0.2) is 57.4 Å². The number of sulfone groups is 1. The molecule has 12 nitrogen and oxygen atoms in total. The molecule has 2 aromatic rings. The number of nitrogens with zero attached hydrogens (tertiary/aromatic N) is 4. The minimum absolute atomic E-state index is 0.00564. The number of aliphatic imine (C=N–C) groups is 1. The van der Waals surface area contributed by atoms with Crippen molar-refractivity contribution in [2.24, 2.45) is 9.39 Å². The van der Waals surface area contributed by atoms with Gasteiger partial charge >= 0.3 is 0 Å². The summed E-state index contributed by atoms with van der Waals surface area (Å²) in [6.07, 6.45) is 2.33. The molecule has 0 aliphatic carbocycles. The van der Waals surface area contributed by atoms with E-state index >= 15 is 0 Å². The Balaban J connectivity index is 1.61. The van der Waals surface area contributed by atoms with E-state index in [-0.39, 0.29) is 39.8 Å². The second kappa shape index (κ2) is 9.31. The highest BCUT2D eigenvalue weighted by Gasteiger charge is 2.41. The van der Waals surface area contributed by atoms with Crippen LogP contribution in [0.4, 0.5) is 5.69 Å². The summed E-state index contributed by atoms with van der Waals surface area (Å²) in [5, 5.41) is 19.2. The van der Waals surface area contributed by atoms with Crippen molar-refractivity contribution < 1.29 is 27.6 Å². The summed E-state index contributed by atoms with van der Waals surface area (Å²) in [4.78, 5) is 28.1. The lowest BCUT2D eigenvalue weighted by atomic mass is 10.1. The minimum Gasteiger partial charge on any atom is -0.493 e. The summed E-state index contributed by atoms with van der Waals surface area (Å²) >= 11 is 0.709. The van der Waals surface area contributed by atoms with Crippen molar-refractivity contribution in [1.29, 1.82) is 5.41 Å². The number of benzene rings is 2. The van der Waals surface area contributed by atoms with E-state index in [1.165, 1.54) is 19.3 Å². The zero-order chi connectivity index (χ0) is 25.3. The number of methoxy groups -OCH3 is 1. The number of amides is 1. The van der Waals surface area contributed by atoms with Crippen LogP contribution in [0.25, 0.3) is 6.08 Å². The maximum Gasteiger partial charge on any atom is 0.283 e. The Bertz CT molecular complexity index is 1460. The van der Waals surface area contributed by atoms with Gasteiger partial charge in [-0.15, -0.1) is 0 Å². The number of nitrogens with one attached hydrogen (secondary N) is 1. The maximum absolute atomic E-state index is 12.5. The van der Waals surface area contributed by atoms with Crippen molar-refractivity contribution in [1.82, 2.24) is 4.90 Å². The van der Waals surface area contributed by atoms with Crippen molar-refractivity contribution in [3.8, 4) is 11.5 Å². The number of nitro benzene ring substituents is 1. The fourth-order valence-electron chi connectivity index (χ4n) is 3.26. The van der Waals surface area contributed by atoms with Crippen molar-refractivity contribution in [2.75, 3.05) is 13.4 Å². The van der Waals surface area contributed by atoms with Gasteiger partial charge in [0, 0.05) is 12.3 Å². The Morgan fingerprint density at radius 1 is 1.23 bits per heavy atom. The first-order valence-corrected chi connectivity index (χ1v) is 12.5. The first-order chi connectivity index (χ1) is 16.6. The van der Waals surface area contributed by atoms with E-state index in [0.717, 1.165) is 11.2 Å². The molecule has 2 aliphatic heterocycles. The molecule has 14 heteroatoms. The van der Waals surface area contributed by atoms with Gasteiger partial charge in [0.1, 0.15) is 12.4 Å². The average molecular weight is 516 g/mol. The van der Waals surface area contributed by atoms with Gasteiger partial charge in [-0.1, -0.05) is 18.2 Å². The molecule has 180 valence electrons. The highest BCUT2D eigenvalue weighted by atomic mass is 32.2. The second-order valence-corrected chi connectivity index (χ2v) is 9.90. The van der Waals surface area contributed by atoms with E-state index in [4.69, 9.17) is 14.9 Å². The number of carbonyl (C=O) groups excluding carboxylic acids is 1. The molecule has 4 rings (SSSR count). The smallest absolute Gasteiger partial charge is 0.283 e. The monoisotopic (exact) mass is 515 g/mol. The van der Waals surface area contributed by atoms with Crippen LogP contribution in [0, 0.1) is 15.5 Å². The van der Waals surface area contributed by atoms with Gasteiger partial charge in [-0.3, -0.25) is 20.3 Å². The van der Waals surface area contributed by atoms with Crippen molar-refractivity contribution in [2.45, 2.75) is 6.61 Å². The summed E-state index contributed by atoms with van der Waals surface area (Å²) in [5.74, 6) is -0.494. The number of hydrogen-bond acceptors (Lipinski definition) is 10. The first kappa shape index (κ1) is 24.1. The minimum atomic E-state index is -3.76. The van der Waals surface area contributed by atoms with Crippen molar-refractivity contribution in [3.63, 3.8) is 0 Å². The fourth-order valence-corrected chi connectivity index (χ4v) is 5.11. The number of fused-ring (bicyclic) bond motifs is 1. The summed E-state index contributed by atoms with van der Waals surface area (Å²) in [6, 6.07) is 10.9. The van der Waals surface area contributed by atoms with Gasteiger partial charge in [-0.2, -0.15) is 9.39 Å². The normalized spacial score (nSPS) is 16.6. The summed E-state index contributed by atoms with van der Waals surface area (Å²) in [6.45, 7) is -0.0746. The Morgan fingerprint density at radius 2 is 1.97 bits per heavy atom. The Labute approximate surface area is 203 Å². The van der Waals surface area contributed by atoms with Gasteiger partial charge in [0.2, 0.25) is 20.2 Å². The quantitative estimate of drug-likeness (QED) is 0.263. The summed E-state index contributed by atoms with van der Waals surface area (Å²) in [7, 11) is -2.35. The van der Waals surface area contributed by atoms with E-state index in [1.807, 2.05) is 0 Å². The Morgan fingerprint density at radius 3 is 2.66 bits per heavy atom. The first-order valence-electron chi connectivity index (χ1n) is 9.82. The standard InChI is InChI=1S/C21H17N5O7S2/c1-32-17-10-12(7-8-16(17)33-11-13-5-3-4-6-15(13)26(28)29)9-14-18(22)25-20(23-19(14)27)34-24-21(25)35(2,30)31/h3-10,22H,11H2,1-2H3/b14-9-,22-18?. The van der Waals surface area contributed by atoms with E-state index < -0.39 is 20.7 Å². The number of para-hydroxylation sites is 1. The Hall–Kier alpha value is -4.04. The van der Waals surface area contributed by atoms with Crippen LogP contribution in [0.1, 0.15) is 11.1 Å². The van der Waals surface area contributed by atoms with Gasteiger partial charge in [0.05, 0.1) is 35.1 Å². The van der Waals surface area contributed by atoms with Crippen LogP contribution in [-0.4, -0.2) is 53.7 Å². The zero-order valence-corrected chi connectivity index (χ0v) is 19.9. The molecular weight excluding hydrogens is 498 g/mol. The van der Waals surface area contributed by atoms with Crippen LogP contribution < -0.4 is 9.47 Å². The molecule has 0 saturated heterocycles. The average Bonchev–Trinajstić information content (AvgIpc) is 3.25. The number of ether oxygens (including phenoxy) is 2. The third-order valence-corrected chi connectivity index (χ3v) is 6.65. The highest BCUT2D eigenvalue weighted by molar-refractivity contribution is 8.16. The van der Waals surface area contributed by atoms with Gasteiger partial charge in [-0.25, -0.2) is 13.3 Å².